The number of hydrogen-bond donors (Lipinski definition) is 1. The van der Waals surface area contributed by atoms with E-state index in [1.807, 2.05) is 14.0 Å². The molecule has 0 aromatic carbocycles. The molecule has 1 aromatic heterocycles. The maximum absolute atomic E-state index is 10.4. The minimum absolute atomic E-state index is 0.291. The SMILES string of the molecule is Cc1c(C(O)C2(C#N)CCCOC2)cnn1C. The molecule has 2 unspecified atom stereocenters. The Kier molecular flexibility index (Phi) is 3.18. The molecule has 0 amide bonds. The van der Waals surface area contributed by atoms with Crippen LogP contribution in [0, 0.1) is 23.7 Å². The van der Waals surface area contributed by atoms with Crippen molar-refractivity contribution in [1.82, 2.24) is 9.78 Å². The number of aryl methyl sites for hydroxylation is 1. The smallest absolute Gasteiger partial charge is 0.111 e. The lowest BCUT2D eigenvalue weighted by molar-refractivity contribution is -0.0508. The van der Waals surface area contributed by atoms with Crippen molar-refractivity contribution in [1.29, 1.82) is 5.26 Å². The van der Waals surface area contributed by atoms with Crippen LogP contribution in [0.1, 0.15) is 30.2 Å². The summed E-state index contributed by atoms with van der Waals surface area (Å²) in [6.45, 7) is 2.85. The molecule has 0 spiro atoms. The first-order valence-electron chi connectivity index (χ1n) is 5.76. The van der Waals surface area contributed by atoms with Gasteiger partial charge in [0.2, 0.25) is 0 Å². The highest BCUT2D eigenvalue weighted by atomic mass is 16.5. The van der Waals surface area contributed by atoms with E-state index in [9.17, 15) is 10.4 Å². The highest BCUT2D eigenvalue weighted by molar-refractivity contribution is 5.24. The normalized spacial score (nSPS) is 26.5. The van der Waals surface area contributed by atoms with Crippen molar-refractivity contribution in [3.05, 3.63) is 17.5 Å². The van der Waals surface area contributed by atoms with Gasteiger partial charge in [0.25, 0.3) is 0 Å². The van der Waals surface area contributed by atoms with Crippen LogP contribution in [0.25, 0.3) is 0 Å². The molecule has 2 atom stereocenters. The zero-order valence-electron chi connectivity index (χ0n) is 10.2. The zero-order valence-corrected chi connectivity index (χ0v) is 10.2. The Morgan fingerprint density at radius 3 is 2.94 bits per heavy atom. The van der Waals surface area contributed by atoms with Crippen LogP contribution < -0.4 is 0 Å². The van der Waals surface area contributed by atoms with E-state index in [1.54, 1.807) is 10.9 Å². The van der Waals surface area contributed by atoms with Crippen molar-refractivity contribution < 1.29 is 9.84 Å². The third kappa shape index (κ3) is 1.94. The van der Waals surface area contributed by atoms with Gasteiger partial charge in [-0.25, -0.2) is 0 Å². The molecule has 1 saturated heterocycles. The summed E-state index contributed by atoms with van der Waals surface area (Å²) in [4.78, 5) is 0. The fourth-order valence-corrected chi connectivity index (χ4v) is 2.26. The van der Waals surface area contributed by atoms with Crippen LogP contribution in [0.2, 0.25) is 0 Å². The summed E-state index contributed by atoms with van der Waals surface area (Å²) >= 11 is 0. The van der Waals surface area contributed by atoms with Gasteiger partial charge in [-0.1, -0.05) is 0 Å². The van der Waals surface area contributed by atoms with Crippen molar-refractivity contribution in [3.63, 3.8) is 0 Å². The van der Waals surface area contributed by atoms with Gasteiger partial charge in [0.05, 0.1) is 18.9 Å². The van der Waals surface area contributed by atoms with E-state index in [1.165, 1.54) is 0 Å². The van der Waals surface area contributed by atoms with Gasteiger partial charge in [-0.3, -0.25) is 4.68 Å². The Labute approximate surface area is 101 Å². The molecule has 2 heterocycles. The molecule has 1 aliphatic heterocycles. The number of aromatic nitrogens is 2. The predicted octanol–water partition coefficient (Wildman–Crippen LogP) is 1.08. The average Bonchev–Trinajstić information content (AvgIpc) is 2.70. The standard InChI is InChI=1S/C12H17N3O2/c1-9-10(6-14-15(9)2)11(16)12(7-13)4-3-5-17-8-12/h6,11,16H,3-5,8H2,1-2H3. The molecule has 1 N–H and O–H groups in total. The lowest BCUT2D eigenvalue weighted by atomic mass is 9.76. The Balaban J connectivity index is 2.32. The maximum Gasteiger partial charge on any atom is 0.111 e. The van der Waals surface area contributed by atoms with Gasteiger partial charge in [0, 0.05) is 24.9 Å². The summed E-state index contributed by atoms with van der Waals surface area (Å²) in [6.07, 6.45) is 2.28. The molecule has 0 aliphatic carbocycles. The number of aliphatic hydroxyl groups excluding tert-OH is 1. The van der Waals surface area contributed by atoms with E-state index >= 15 is 0 Å². The van der Waals surface area contributed by atoms with Crippen LogP contribution in [0.5, 0.6) is 0 Å². The third-order valence-electron chi connectivity index (χ3n) is 3.59. The number of nitriles is 1. The number of hydrogen-bond acceptors (Lipinski definition) is 4. The molecule has 0 saturated carbocycles. The molecule has 2 rings (SSSR count). The Morgan fingerprint density at radius 1 is 1.71 bits per heavy atom. The second-order valence-corrected chi connectivity index (χ2v) is 4.64. The van der Waals surface area contributed by atoms with Gasteiger partial charge < -0.3 is 9.84 Å². The fourth-order valence-electron chi connectivity index (χ4n) is 2.26. The second kappa shape index (κ2) is 4.47. The lowest BCUT2D eigenvalue weighted by Crippen LogP contribution is -2.36. The minimum atomic E-state index is -0.832. The first-order valence-corrected chi connectivity index (χ1v) is 5.76. The zero-order chi connectivity index (χ0) is 12.5. The van der Waals surface area contributed by atoms with Gasteiger partial charge in [0.15, 0.2) is 0 Å². The maximum atomic E-state index is 10.4. The molecular weight excluding hydrogens is 218 g/mol. The number of rotatable bonds is 2. The molecular formula is C12H17N3O2. The predicted molar refractivity (Wildman–Crippen MR) is 61.0 cm³/mol. The van der Waals surface area contributed by atoms with E-state index in [0.29, 0.717) is 19.6 Å². The van der Waals surface area contributed by atoms with E-state index in [-0.39, 0.29) is 0 Å². The van der Waals surface area contributed by atoms with Crippen LogP contribution in [0.4, 0.5) is 0 Å². The second-order valence-electron chi connectivity index (χ2n) is 4.64. The van der Waals surface area contributed by atoms with Crippen LogP contribution in [0.3, 0.4) is 0 Å². The summed E-state index contributed by atoms with van der Waals surface area (Å²) in [5, 5.41) is 23.9. The minimum Gasteiger partial charge on any atom is -0.387 e. The van der Waals surface area contributed by atoms with E-state index in [2.05, 4.69) is 11.2 Å². The highest BCUT2D eigenvalue weighted by Gasteiger charge is 2.42. The molecule has 1 aromatic rings. The van der Waals surface area contributed by atoms with Crippen LogP contribution in [0.15, 0.2) is 6.20 Å². The van der Waals surface area contributed by atoms with E-state index in [4.69, 9.17) is 4.74 Å². The monoisotopic (exact) mass is 235 g/mol. The number of aliphatic hydroxyl groups is 1. The van der Waals surface area contributed by atoms with Gasteiger partial charge in [-0.2, -0.15) is 10.4 Å². The summed E-state index contributed by atoms with van der Waals surface area (Å²) in [5.41, 5.74) is 0.781. The molecule has 0 bridgehead atoms. The van der Waals surface area contributed by atoms with Crippen molar-refractivity contribution in [2.24, 2.45) is 12.5 Å². The summed E-state index contributed by atoms with van der Waals surface area (Å²) < 4.78 is 7.06. The average molecular weight is 235 g/mol. The molecule has 1 fully saturated rings. The highest BCUT2D eigenvalue weighted by Crippen LogP contribution is 2.41. The van der Waals surface area contributed by atoms with Crippen molar-refractivity contribution in [2.45, 2.75) is 25.9 Å². The first-order chi connectivity index (χ1) is 8.10. The Hall–Kier alpha value is -1.38. The molecule has 92 valence electrons. The quantitative estimate of drug-likeness (QED) is 0.832. The van der Waals surface area contributed by atoms with Crippen LogP contribution in [-0.4, -0.2) is 28.1 Å². The molecule has 17 heavy (non-hydrogen) atoms. The van der Waals surface area contributed by atoms with E-state index < -0.39 is 11.5 Å². The van der Waals surface area contributed by atoms with Gasteiger partial charge >= 0.3 is 0 Å². The summed E-state index contributed by atoms with van der Waals surface area (Å²) in [7, 11) is 1.82. The molecule has 1 aliphatic rings. The summed E-state index contributed by atoms with van der Waals surface area (Å²) in [6, 6.07) is 2.24. The van der Waals surface area contributed by atoms with Crippen molar-refractivity contribution >= 4 is 0 Å². The fraction of sp³-hybridized carbons (Fsp3) is 0.667. The summed E-state index contributed by atoms with van der Waals surface area (Å²) in [5.74, 6) is 0. The van der Waals surface area contributed by atoms with Gasteiger partial charge in [-0.05, 0) is 19.8 Å². The molecule has 5 nitrogen and oxygen atoms in total. The van der Waals surface area contributed by atoms with Gasteiger partial charge in [-0.15, -0.1) is 0 Å². The van der Waals surface area contributed by atoms with E-state index in [0.717, 1.165) is 17.7 Å². The molecule has 0 radical (unpaired) electrons. The van der Waals surface area contributed by atoms with Gasteiger partial charge in [0.1, 0.15) is 11.5 Å². The van der Waals surface area contributed by atoms with Crippen LogP contribution in [-0.2, 0) is 11.8 Å². The lowest BCUT2D eigenvalue weighted by Gasteiger charge is -2.34. The van der Waals surface area contributed by atoms with Crippen LogP contribution >= 0.6 is 0 Å². The van der Waals surface area contributed by atoms with Crippen molar-refractivity contribution in [2.75, 3.05) is 13.2 Å². The Bertz CT molecular complexity index is 441. The third-order valence-corrected chi connectivity index (χ3v) is 3.59. The number of nitrogens with zero attached hydrogens (tertiary/aromatic N) is 3. The molecule has 5 heteroatoms. The Morgan fingerprint density at radius 2 is 2.47 bits per heavy atom. The largest absolute Gasteiger partial charge is 0.387 e. The topological polar surface area (TPSA) is 71.1 Å². The number of ether oxygens (including phenoxy) is 1. The van der Waals surface area contributed by atoms with Crippen molar-refractivity contribution in [3.8, 4) is 6.07 Å². The first kappa shape index (κ1) is 12.1.